The molecular weight excluding hydrogens is 208 g/mol. The molecule has 0 aliphatic heterocycles. The van der Waals surface area contributed by atoms with Crippen LogP contribution in [0.1, 0.15) is 53.4 Å². The van der Waals surface area contributed by atoms with Crippen LogP contribution in [0.4, 0.5) is 0 Å². The second kappa shape index (κ2) is 8.10. The lowest BCUT2D eigenvalue weighted by molar-refractivity contribution is 0.274. The van der Waals surface area contributed by atoms with E-state index in [1.54, 1.807) is 0 Å². The molecule has 0 spiro atoms. The summed E-state index contributed by atoms with van der Waals surface area (Å²) in [7, 11) is 0. The summed E-state index contributed by atoms with van der Waals surface area (Å²) in [5.41, 5.74) is 0. The molecule has 0 bridgehead atoms. The molecule has 0 saturated heterocycles. The van der Waals surface area contributed by atoms with Crippen LogP contribution in [0, 0.1) is 17.8 Å². The second-order valence-corrected chi connectivity index (χ2v) is 6.49. The quantitative estimate of drug-likeness (QED) is 0.715. The average Bonchev–Trinajstić information content (AvgIpc) is 2.28. The summed E-state index contributed by atoms with van der Waals surface area (Å²) in [5.74, 6) is 2.65. The molecule has 0 heterocycles. The Labute approximate surface area is 108 Å². The predicted molar refractivity (Wildman–Crippen MR) is 76.3 cm³/mol. The summed E-state index contributed by atoms with van der Waals surface area (Å²) >= 11 is 0. The smallest absolute Gasteiger partial charge is 0.0164 e. The van der Waals surface area contributed by atoms with Gasteiger partial charge in [-0.2, -0.15) is 0 Å². The van der Waals surface area contributed by atoms with Crippen molar-refractivity contribution in [3.63, 3.8) is 0 Å². The first-order valence-corrected chi connectivity index (χ1v) is 7.52. The zero-order chi connectivity index (χ0) is 12.7. The van der Waals surface area contributed by atoms with Crippen molar-refractivity contribution in [1.29, 1.82) is 0 Å². The molecule has 0 amide bonds. The molecule has 0 aromatic carbocycles. The highest BCUT2D eigenvalue weighted by Crippen LogP contribution is 2.27. The highest BCUT2D eigenvalue weighted by molar-refractivity contribution is 4.74. The van der Waals surface area contributed by atoms with Crippen molar-refractivity contribution in [2.24, 2.45) is 17.8 Å². The lowest BCUT2D eigenvalue weighted by Crippen LogP contribution is -2.40. The van der Waals surface area contributed by atoms with Gasteiger partial charge in [0, 0.05) is 12.6 Å². The molecule has 0 radical (unpaired) electrons. The van der Waals surface area contributed by atoms with E-state index in [-0.39, 0.29) is 0 Å². The SMILES string of the molecule is CC(C)CNCC(C)NCC1CCC(C)CC1. The van der Waals surface area contributed by atoms with E-state index in [2.05, 4.69) is 38.3 Å². The number of hydrogen-bond acceptors (Lipinski definition) is 2. The molecule has 1 rings (SSSR count). The first kappa shape index (κ1) is 15.0. The number of rotatable bonds is 7. The van der Waals surface area contributed by atoms with Gasteiger partial charge in [0.15, 0.2) is 0 Å². The molecule has 2 N–H and O–H groups in total. The maximum Gasteiger partial charge on any atom is 0.0164 e. The minimum atomic E-state index is 0.605. The lowest BCUT2D eigenvalue weighted by Gasteiger charge is -2.27. The zero-order valence-electron chi connectivity index (χ0n) is 12.3. The van der Waals surface area contributed by atoms with Gasteiger partial charge in [-0.1, -0.05) is 33.6 Å². The maximum atomic E-state index is 3.68. The van der Waals surface area contributed by atoms with E-state index < -0.39 is 0 Å². The largest absolute Gasteiger partial charge is 0.315 e. The lowest BCUT2D eigenvalue weighted by atomic mass is 9.83. The fourth-order valence-corrected chi connectivity index (χ4v) is 2.56. The van der Waals surface area contributed by atoms with Crippen molar-refractivity contribution in [3.8, 4) is 0 Å². The Balaban J connectivity index is 2.01. The normalized spacial score (nSPS) is 27.4. The molecule has 2 heteroatoms. The first-order valence-electron chi connectivity index (χ1n) is 7.52. The highest BCUT2D eigenvalue weighted by atomic mass is 15.0. The van der Waals surface area contributed by atoms with Crippen LogP contribution in [0.5, 0.6) is 0 Å². The van der Waals surface area contributed by atoms with Gasteiger partial charge < -0.3 is 10.6 Å². The summed E-state index contributed by atoms with van der Waals surface area (Å²) in [5, 5.41) is 7.20. The van der Waals surface area contributed by atoms with E-state index in [9.17, 15) is 0 Å². The summed E-state index contributed by atoms with van der Waals surface area (Å²) in [6.07, 6.45) is 5.74. The summed E-state index contributed by atoms with van der Waals surface area (Å²) < 4.78 is 0. The summed E-state index contributed by atoms with van der Waals surface area (Å²) in [6.45, 7) is 12.6. The Morgan fingerprint density at radius 2 is 1.65 bits per heavy atom. The third kappa shape index (κ3) is 7.05. The Kier molecular flexibility index (Phi) is 7.14. The van der Waals surface area contributed by atoms with Gasteiger partial charge in [0.05, 0.1) is 0 Å². The van der Waals surface area contributed by atoms with Crippen LogP contribution >= 0.6 is 0 Å². The van der Waals surface area contributed by atoms with Crippen LogP contribution in [-0.2, 0) is 0 Å². The van der Waals surface area contributed by atoms with Gasteiger partial charge in [-0.05, 0) is 50.6 Å². The van der Waals surface area contributed by atoms with E-state index in [0.717, 1.165) is 30.8 Å². The topological polar surface area (TPSA) is 24.1 Å². The molecule has 1 unspecified atom stereocenters. The molecular formula is C15H32N2. The van der Waals surface area contributed by atoms with Crippen molar-refractivity contribution < 1.29 is 0 Å². The van der Waals surface area contributed by atoms with Crippen LogP contribution in [0.15, 0.2) is 0 Å². The van der Waals surface area contributed by atoms with E-state index in [4.69, 9.17) is 0 Å². The Hall–Kier alpha value is -0.0800. The Morgan fingerprint density at radius 1 is 1.00 bits per heavy atom. The molecule has 1 saturated carbocycles. The van der Waals surface area contributed by atoms with Crippen molar-refractivity contribution in [1.82, 2.24) is 10.6 Å². The summed E-state index contributed by atoms with van der Waals surface area (Å²) in [6, 6.07) is 0.605. The highest BCUT2D eigenvalue weighted by Gasteiger charge is 2.18. The maximum absolute atomic E-state index is 3.68. The standard InChI is InChI=1S/C15H32N2/c1-12(2)9-16-10-14(4)17-11-15-7-5-13(3)6-8-15/h12-17H,5-11H2,1-4H3. The van der Waals surface area contributed by atoms with Crippen molar-refractivity contribution in [2.75, 3.05) is 19.6 Å². The molecule has 102 valence electrons. The van der Waals surface area contributed by atoms with Gasteiger partial charge in [-0.3, -0.25) is 0 Å². The number of hydrogen-bond donors (Lipinski definition) is 2. The fourth-order valence-electron chi connectivity index (χ4n) is 2.56. The first-order chi connectivity index (χ1) is 8.08. The molecule has 1 aliphatic rings. The van der Waals surface area contributed by atoms with Gasteiger partial charge >= 0.3 is 0 Å². The molecule has 1 aliphatic carbocycles. The molecule has 1 fully saturated rings. The van der Waals surface area contributed by atoms with Crippen LogP contribution in [0.2, 0.25) is 0 Å². The van der Waals surface area contributed by atoms with Gasteiger partial charge in [0.25, 0.3) is 0 Å². The molecule has 0 aromatic rings. The molecule has 1 atom stereocenters. The van der Waals surface area contributed by atoms with Crippen LogP contribution < -0.4 is 10.6 Å². The summed E-state index contributed by atoms with van der Waals surface area (Å²) in [4.78, 5) is 0. The van der Waals surface area contributed by atoms with E-state index in [0.29, 0.717) is 6.04 Å². The third-order valence-electron chi connectivity index (χ3n) is 3.89. The van der Waals surface area contributed by atoms with Crippen molar-refractivity contribution >= 4 is 0 Å². The van der Waals surface area contributed by atoms with Crippen LogP contribution in [-0.4, -0.2) is 25.7 Å². The van der Waals surface area contributed by atoms with Gasteiger partial charge in [0.1, 0.15) is 0 Å². The number of nitrogens with one attached hydrogen (secondary N) is 2. The minimum absolute atomic E-state index is 0.605. The van der Waals surface area contributed by atoms with Gasteiger partial charge in [0.2, 0.25) is 0 Å². The van der Waals surface area contributed by atoms with Gasteiger partial charge in [-0.25, -0.2) is 0 Å². The van der Waals surface area contributed by atoms with Crippen molar-refractivity contribution in [3.05, 3.63) is 0 Å². The fraction of sp³-hybridized carbons (Fsp3) is 1.00. The predicted octanol–water partition coefficient (Wildman–Crippen LogP) is 3.04. The molecule has 17 heavy (non-hydrogen) atoms. The average molecular weight is 240 g/mol. The second-order valence-electron chi connectivity index (χ2n) is 6.49. The van der Waals surface area contributed by atoms with E-state index in [1.165, 1.54) is 32.2 Å². The third-order valence-corrected chi connectivity index (χ3v) is 3.89. The molecule has 2 nitrogen and oxygen atoms in total. The van der Waals surface area contributed by atoms with E-state index in [1.807, 2.05) is 0 Å². The van der Waals surface area contributed by atoms with E-state index >= 15 is 0 Å². The molecule has 0 aromatic heterocycles. The van der Waals surface area contributed by atoms with Crippen molar-refractivity contribution in [2.45, 2.75) is 59.4 Å². The zero-order valence-corrected chi connectivity index (χ0v) is 12.3. The Bertz CT molecular complexity index is 183. The van der Waals surface area contributed by atoms with Crippen LogP contribution in [0.25, 0.3) is 0 Å². The minimum Gasteiger partial charge on any atom is -0.315 e. The Morgan fingerprint density at radius 3 is 2.24 bits per heavy atom. The van der Waals surface area contributed by atoms with Gasteiger partial charge in [-0.15, -0.1) is 0 Å². The monoisotopic (exact) mass is 240 g/mol. The van der Waals surface area contributed by atoms with Crippen LogP contribution in [0.3, 0.4) is 0 Å².